The molecule has 1 atom stereocenters. The van der Waals surface area contributed by atoms with Crippen molar-refractivity contribution >= 4 is 11.6 Å². The van der Waals surface area contributed by atoms with Crippen molar-refractivity contribution in [2.75, 3.05) is 6.54 Å². The number of pyridine rings is 1. The minimum absolute atomic E-state index is 0.150. The minimum atomic E-state index is -0.549. The second-order valence-electron chi connectivity index (χ2n) is 5.16. The Bertz CT molecular complexity index is 785. The summed E-state index contributed by atoms with van der Waals surface area (Å²) in [6, 6.07) is 15.0. The predicted molar refractivity (Wildman–Crippen MR) is 86.2 cm³/mol. The van der Waals surface area contributed by atoms with Crippen molar-refractivity contribution in [2.24, 2.45) is 0 Å². The maximum atomic E-state index is 12.1. The highest BCUT2D eigenvalue weighted by Gasteiger charge is 2.14. The predicted octanol–water partition coefficient (Wildman–Crippen LogP) is 1.86. The minimum Gasteiger partial charge on any atom is -0.481 e. The van der Waals surface area contributed by atoms with Gasteiger partial charge in [0.15, 0.2) is 11.8 Å². The molecule has 23 heavy (non-hydrogen) atoms. The zero-order valence-corrected chi connectivity index (χ0v) is 12.8. The molecule has 1 unspecified atom stereocenters. The van der Waals surface area contributed by atoms with Crippen molar-refractivity contribution < 1.29 is 9.53 Å². The summed E-state index contributed by atoms with van der Waals surface area (Å²) in [5.74, 6) is 1.35. The van der Waals surface area contributed by atoms with Gasteiger partial charge in [-0.15, -0.1) is 10.2 Å². The number of nitrogens with zero attached hydrogens (tertiary/aromatic N) is 3. The Morgan fingerprint density at radius 3 is 2.78 bits per heavy atom. The van der Waals surface area contributed by atoms with Crippen LogP contribution in [0.4, 0.5) is 0 Å². The van der Waals surface area contributed by atoms with Crippen molar-refractivity contribution in [3.63, 3.8) is 0 Å². The third kappa shape index (κ3) is 3.66. The second kappa shape index (κ2) is 6.91. The third-order valence-electron chi connectivity index (χ3n) is 3.46. The van der Waals surface area contributed by atoms with Gasteiger partial charge in [-0.3, -0.25) is 9.20 Å². The number of hydrogen-bond donors (Lipinski definition) is 1. The topological polar surface area (TPSA) is 68.5 Å². The largest absolute Gasteiger partial charge is 0.481 e. The number of amides is 1. The van der Waals surface area contributed by atoms with E-state index in [1.54, 1.807) is 6.92 Å². The first-order chi connectivity index (χ1) is 11.2. The summed E-state index contributed by atoms with van der Waals surface area (Å²) in [7, 11) is 0. The van der Waals surface area contributed by atoms with Crippen LogP contribution in [0.15, 0.2) is 54.7 Å². The molecule has 0 aliphatic heterocycles. The number of para-hydroxylation sites is 1. The SMILES string of the molecule is CC(Oc1ccccc1)C(=O)NCCc1nnc2ccccn12. The van der Waals surface area contributed by atoms with Crippen molar-refractivity contribution in [3.8, 4) is 5.75 Å². The molecule has 0 fully saturated rings. The number of rotatable bonds is 6. The highest BCUT2D eigenvalue weighted by molar-refractivity contribution is 5.80. The highest BCUT2D eigenvalue weighted by Crippen LogP contribution is 2.10. The number of aromatic nitrogens is 3. The Kier molecular flexibility index (Phi) is 4.52. The van der Waals surface area contributed by atoms with Gasteiger partial charge in [-0.2, -0.15) is 0 Å². The first kappa shape index (κ1) is 15.0. The van der Waals surface area contributed by atoms with E-state index in [4.69, 9.17) is 4.74 Å². The molecule has 6 heteroatoms. The third-order valence-corrected chi connectivity index (χ3v) is 3.46. The fraction of sp³-hybridized carbons (Fsp3) is 0.235. The second-order valence-corrected chi connectivity index (χ2v) is 5.16. The van der Waals surface area contributed by atoms with Gasteiger partial charge in [0, 0.05) is 19.2 Å². The van der Waals surface area contributed by atoms with Crippen LogP contribution < -0.4 is 10.1 Å². The van der Waals surface area contributed by atoms with E-state index in [9.17, 15) is 4.79 Å². The van der Waals surface area contributed by atoms with Gasteiger partial charge in [0.05, 0.1) is 0 Å². The molecule has 0 aliphatic rings. The van der Waals surface area contributed by atoms with Crippen LogP contribution in [0.3, 0.4) is 0 Å². The Hall–Kier alpha value is -2.89. The molecule has 0 bridgehead atoms. The van der Waals surface area contributed by atoms with Gasteiger partial charge in [-0.05, 0) is 31.2 Å². The fourth-order valence-electron chi connectivity index (χ4n) is 2.26. The van der Waals surface area contributed by atoms with E-state index in [-0.39, 0.29) is 5.91 Å². The van der Waals surface area contributed by atoms with E-state index < -0.39 is 6.10 Å². The average molecular weight is 310 g/mol. The number of nitrogens with one attached hydrogen (secondary N) is 1. The first-order valence-corrected chi connectivity index (χ1v) is 7.52. The summed E-state index contributed by atoms with van der Waals surface area (Å²) >= 11 is 0. The van der Waals surface area contributed by atoms with Gasteiger partial charge in [-0.25, -0.2) is 0 Å². The Labute approximate surface area is 134 Å². The van der Waals surface area contributed by atoms with Crippen LogP contribution in [0, 0.1) is 0 Å². The van der Waals surface area contributed by atoms with Crippen molar-refractivity contribution in [3.05, 3.63) is 60.6 Å². The summed E-state index contributed by atoms with van der Waals surface area (Å²) in [4.78, 5) is 12.1. The highest BCUT2D eigenvalue weighted by atomic mass is 16.5. The van der Waals surface area contributed by atoms with Gasteiger partial charge in [-0.1, -0.05) is 24.3 Å². The Morgan fingerprint density at radius 2 is 1.96 bits per heavy atom. The molecule has 1 N–H and O–H groups in total. The Balaban J connectivity index is 1.51. The molecule has 0 radical (unpaired) electrons. The van der Waals surface area contributed by atoms with Gasteiger partial charge >= 0.3 is 0 Å². The Morgan fingerprint density at radius 1 is 1.17 bits per heavy atom. The van der Waals surface area contributed by atoms with Crippen molar-refractivity contribution in [1.82, 2.24) is 19.9 Å². The van der Waals surface area contributed by atoms with Crippen LogP contribution in [0.2, 0.25) is 0 Å². The van der Waals surface area contributed by atoms with Crippen LogP contribution in [-0.4, -0.2) is 33.2 Å². The molecule has 2 heterocycles. The van der Waals surface area contributed by atoms with Gasteiger partial charge in [0.1, 0.15) is 11.6 Å². The summed E-state index contributed by atoms with van der Waals surface area (Å²) in [5.41, 5.74) is 0.801. The van der Waals surface area contributed by atoms with E-state index >= 15 is 0 Å². The first-order valence-electron chi connectivity index (χ1n) is 7.52. The lowest BCUT2D eigenvalue weighted by Gasteiger charge is -2.14. The van der Waals surface area contributed by atoms with E-state index in [0.717, 1.165) is 11.5 Å². The summed E-state index contributed by atoms with van der Waals surface area (Å²) < 4.78 is 7.50. The van der Waals surface area contributed by atoms with E-state index in [1.165, 1.54) is 0 Å². The number of ether oxygens (including phenoxy) is 1. The molecule has 1 amide bonds. The van der Waals surface area contributed by atoms with Gasteiger partial charge < -0.3 is 10.1 Å². The van der Waals surface area contributed by atoms with Crippen LogP contribution in [0.25, 0.3) is 5.65 Å². The van der Waals surface area contributed by atoms with Crippen molar-refractivity contribution in [1.29, 1.82) is 0 Å². The van der Waals surface area contributed by atoms with Crippen LogP contribution in [-0.2, 0) is 11.2 Å². The lowest BCUT2D eigenvalue weighted by atomic mass is 10.3. The molecule has 118 valence electrons. The number of fused-ring (bicyclic) bond motifs is 1. The van der Waals surface area contributed by atoms with E-state index in [0.29, 0.717) is 18.7 Å². The standard InChI is InChI=1S/C17H18N4O2/c1-13(23-14-7-3-2-4-8-14)17(22)18-11-10-16-20-19-15-9-5-6-12-21(15)16/h2-9,12-13H,10-11H2,1H3,(H,18,22). The molecular weight excluding hydrogens is 292 g/mol. The maximum Gasteiger partial charge on any atom is 0.260 e. The molecule has 0 saturated carbocycles. The zero-order valence-electron chi connectivity index (χ0n) is 12.8. The molecule has 3 aromatic rings. The van der Waals surface area contributed by atoms with Gasteiger partial charge in [0.2, 0.25) is 0 Å². The quantitative estimate of drug-likeness (QED) is 0.754. The lowest BCUT2D eigenvalue weighted by molar-refractivity contribution is -0.127. The molecule has 0 spiro atoms. The molecule has 2 aromatic heterocycles. The van der Waals surface area contributed by atoms with Gasteiger partial charge in [0.25, 0.3) is 5.91 Å². The normalized spacial score (nSPS) is 12.0. The van der Waals surface area contributed by atoms with E-state index in [2.05, 4.69) is 15.5 Å². The summed E-state index contributed by atoms with van der Waals surface area (Å²) in [5, 5.41) is 11.1. The molecule has 6 nitrogen and oxygen atoms in total. The average Bonchev–Trinajstić information content (AvgIpc) is 2.99. The lowest BCUT2D eigenvalue weighted by Crippen LogP contribution is -2.37. The number of carbonyl (C=O) groups excluding carboxylic acids is 1. The monoisotopic (exact) mass is 310 g/mol. The molecule has 0 saturated heterocycles. The molecule has 3 rings (SSSR count). The van der Waals surface area contributed by atoms with Crippen molar-refractivity contribution in [2.45, 2.75) is 19.4 Å². The molecule has 0 aliphatic carbocycles. The summed E-state index contributed by atoms with van der Waals surface area (Å²) in [6.07, 6.45) is 1.97. The summed E-state index contributed by atoms with van der Waals surface area (Å²) in [6.45, 7) is 2.21. The number of benzene rings is 1. The van der Waals surface area contributed by atoms with E-state index in [1.807, 2.05) is 59.1 Å². The zero-order chi connectivity index (χ0) is 16.1. The molecule has 1 aromatic carbocycles. The molecular formula is C17H18N4O2. The van der Waals surface area contributed by atoms with Crippen LogP contribution >= 0.6 is 0 Å². The smallest absolute Gasteiger partial charge is 0.260 e. The number of hydrogen-bond acceptors (Lipinski definition) is 4. The van der Waals surface area contributed by atoms with Crippen LogP contribution in [0.1, 0.15) is 12.7 Å². The maximum absolute atomic E-state index is 12.1. The van der Waals surface area contributed by atoms with Crippen LogP contribution in [0.5, 0.6) is 5.75 Å². The fourth-order valence-corrected chi connectivity index (χ4v) is 2.26. The number of carbonyl (C=O) groups is 1.